The third-order valence-electron chi connectivity index (χ3n) is 7.34. The van der Waals surface area contributed by atoms with Crippen LogP contribution in [0.25, 0.3) is 11.3 Å². The van der Waals surface area contributed by atoms with Crippen LogP contribution in [0.5, 0.6) is 0 Å². The fourth-order valence-electron chi connectivity index (χ4n) is 4.74. The van der Waals surface area contributed by atoms with Crippen molar-refractivity contribution in [2.75, 3.05) is 30.3 Å². The van der Waals surface area contributed by atoms with Gasteiger partial charge in [-0.3, -0.25) is 9.59 Å². The number of benzene rings is 2. The van der Waals surface area contributed by atoms with Crippen LogP contribution in [-0.4, -0.2) is 42.5 Å². The summed E-state index contributed by atoms with van der Waals surface area (Å²) in [7, 11) is 0. The number of hydrogen-bond acceptors (Lipinski definition) is 7. The lowest BCUT2D eigenvalue weighted by molar-refractivity contribution is -0.114. The molecule has 2 aromatic carbocycles. The number of aromatic nitrogens is 1. The van der Waals surface area contributed by atoms with E-state index in [1.165, 1.54) is 51.1 Å². The van der Waals surface area contributed by atoms with E-state index in [9.17, 15) is 14.4 Å². The van der Waals surface area contributed by atoms with Crippen LogP contribution >= 0.6 is 11.6 Å². The van der Waals surface area contributed by atoms with Crippen molar-refractivity contribution in [2.24, 2.45) is 0 Å². The highest BCUT2D eigenvalue weighted by Crippen LogP contribution is 2.25. The van der Waals surface area contributed by atoms with Gasteiger partial charge in [-0.05, 0) is 43.2 Å². The third kappa shape index (κ3) is 13.0. The average Bonchev–Trinajstić information content (AvgIpc) is 3.53. The Morgan fingerprint density at radius 3 is 2.31 bits per heavy atom. The Kier molecular flexibility index (Phi) is 16.0. The molecule has 45 heavy (non-hydrogen) atoms. The molecule has 3 N–H and O–H groups in total. The number of nitrogens with zero attached hydrogens (tertiary/aromatic N) is 1. The van der Waals surface area contributed by atoms with Gasteiger partial charge in [0.1, 0.15) is 0 Å². The Morgan fingerprint density at radius 1 is 0.844 bits per heavy atom. The summed E-state index contributed by atoms with van der Waals surface area (Å²) in [6.07, 6.45) is 15.1. The van der Waals surface area contributed by atoms with E-state index in [0.29, 0.717) is 46.3 Å². The average molecular weight is 639 g/mol. The Balaban J connectivity index is 1.45. The van der Waals surface area contributed by atoms with Gasteiger partial charge in [0.2, 0.25) is 5.91 Å². The molecular formula is C35H47ClN4O5. The standard InChI is InChI=1S/C35H47ClN4O5/c1-3-5-7-9-11-13-20-37-33(42)27-18-19-29(36)30(23-27)40-32(41)25-39-35-38-24-31(45-35)26-16-15-17-28(22-26)34(43)44-21-14-12-10-8-6-4-2/h15-19,22-24H,3-14,20-21,25H2,1-2H3,(H,37,42)(H,38,39)(H,40,41). The number of halogens is 1. The zero-order valence-corrected chi connectivity index (χ0v) is 27.3. The summed E-state index contributed by atoms with van der Waals surface area (Å²) in [6.45, 7) is 5.23. The van der Waals surface area contributed by atoms with Gasteiger partial charge in [0.15, 0.2) is 5.76 Å². The van der Waals surface area contributed by atoms with Crippen molar-refractivity contribution >= 4 is 41.1 Å². The fraction of sp³-hybridized carbons (Fsp3) is 0.486. The smallest absolute Gasteiger partial charge is 0.338 e. The molecule has 0 bridgehead atoms. The minimum absolute atomic E-state index is 0.143. The maximum absolute atomic E-state index is 12.7. The zero-order valence-electron chi connectivity index (χ0n) is 26.6. The molecule has 3 rings (SSSR count). The van der Waals surface area contributed by atoms with E-state index in [2.05, 4.69) is 34.8 Å². The van der Waals surface area contributed by atoms with Crippen molar-refractivity contribution in [3.63, 3.8) is 0 Å². The molecule has 0 radical (unpaired) electrons. The predicted molar refractivity (Wildman–Crippen MR) is 180 cm³/mol. The molecule has 10 heteroatoms. The number of esters is 1. The summed E-state index contributed by atoms with van der Waals surface area (Å²) < 4.78 is 11.2. The first-order valence-electron chi connectivity index (χ1n) is 16.3. The summed E-state index contributed by atoms with van der Waals surface area (Å²) in [5.41, 5.74) is 1.84. The van der Waals surface area contributed by atoms with Crippen molar-refractivity contribution < 1.29 is 23.5 Å². The van der Waals surface area contributed by atoms with E-state index in [1.807, 2.05) is 0 Å². The van der Waals surface area contributed by atoms with Crippen molar-refractivity contribution in [1.29, 1.82) is 0 Å². The van der Waals surface area contributed by atoms with Crippen LogP contribution in [0.15, 0.2) is 53.1 Å². The first-order valence-corrected chi connectivity index (χ1v) is 16.6. The van der Waals surface area contributed by atoms with Crippen molar-refractivity contribution in [3.8, 4) is 11.3 Å². The number of hydrogen-bond donors (Lipinski definition) is 3. The topological polar surface area (TPSA) is 123 Å². The molecule has 2 amide bonds. The zero-order chi connectivity index (χ0) is 32.3. The van der Waals surface area contributed by atoms with Gasteiger partial charge in [0, 0.05) is 17.7 Å². The second-order valence-corrected chi connectivity index (χ2v) is 11.5. The molecule has 0 atom stereocenters. The number of ether oxygens (including phenoxy) is 1. The summed E-state index contributed by atoms with van der Waals surface area (Å²) in [5.74, 6) is -0.545. The van der Waals surface area contributed by atoms with Gasteiger partial charge >= 0.3 is 5.97 Å². The number of oxazole rings is 1. The number of carbonyl (C=O) groups is 3. The van der Waals surface area contributed by atoms with Crippen molar-refractivity contribution in [3.05, 3.63) is 64.8 Å². The van der Waals surface area contributed by atoms with Crippen molar-refractivity contribution in [2.45, 2.75) is 90.9 Å². The maximum atomic E-state index is 12.7. The van der Waals surface area contributed by atoms with Gasteiger partial charge in [0.05, 0.1) is 35.6 Å². The van der Waals surface area contributed by atoms with E-state index in [1.54, 1.807) is 42.5 Å². The number of rotatable bonds is 21. The Labute approximate surface area is 271 Å². The molecule has 244 valence electrons. The van der Waals surface area contributed by atoms with Crippen LogP contribution in [0.3, 0.4) is 0 Å². The van der Waals surface area contributed by atoms with E-state index >= 15 is 0 Å². The summed E-state index contributed by atoms with van der Waals surface area (Å²) >= 11 is 6.28. The normalized spacial score (nSPS) is 10.8. The number of unbranched alkanes of at least 4 members (excludes halogenated alkanes) is 10. The van der Waals surface area contributed by atoms with Gasteiger partial charge in [-0.2, -0.15) is 0 Å². The van der Waals surface area contributed by atoms with Crippen LogP contribution in [-0.2, 0) is 9.53 Å². The van der Waals surface area contributed by atoms with Crippen LogP contribution in [0.1, 0.15) is 112 Å². The quantitative estimate of drug-likeness (QED) is 0.0788. The third-order valence-corrected chi connectivity index (χ3v) is 7.67. The largest absolute Gasteiger partial charge is 0.462 e. The monoisotopic (exact) mass is 638 g/mol. The molecular weight excluding hydrogens is 592 g/mol. The lowest BCUT2D eigenvalue weighted by atomic mass is 10.1. The Morgan fingerprint density at radius 2 is 1.56 bits per heavy atom. The summed E-state index contributed by atoms with van der Waals surface area (Å²) in [4.78, 5) is 42.0. The summed E-state index contributed by atoms with van der Waals surface area (Å²) in [5, 5.41) is 8.83. The molecule has 0 saturated carbocycles. The summed E-state index contributed by atoms with van der Waals surface area (Å²) in [6, 6.07) is 11.9. The van der Waals surface area contributed by atoms with Gasteiger partial charge in [-0.15, -0.1) is 0 Å². The highest BCUT2D eigenvalue weighted by molar-refractivity contribution is 6.34. The molecule has 0 saturated heterocycles. The van der Waals surface area contributed by atoms with Gasteiger partial charge in [-0.1, -0.05) is 102 Å². The molecule has 1 heterocycles. The highest BCUT2D eigenvalue weighted by atomic mass is 35.5. The lowest BCUT2D eigenvalue weighted by Crippen LogP contribution is -2.25. The second-order valence-electron chi connectivity index (χ2n) is 11.1. The van der Waals surface area contributed by atoms with Crippen LogP contribution < -0.4 is 16.0 Å². The molecule has 0 aliphatic carbocycles. The van der Waals surface area contributed by atoms with E-state index in [0.717, 1.165) is 32.1 Å². The molecule has 0 aliphatic heterocycles. The number of nitrogens with one attached hydrogen (secondary N) is 3. The Bertz CT molecular complexity index is 1360. The van der Waals surface area contributed by atoms with E-state index in [-0.39, 0.29) is 24.4 Å². The molecule has 3 aromatic rings. The van der Waals surface area contributed by atoms with Gasteiger partial charge in [0.25, 0.3) is 11.9 Å². The van der Waals surface area contributed by atoms with Crippen LogP contribution in [0.4, 0.5) is 11.7 Å². The molecule has 0 aliphatic rings. The lowest BCUT2D eigenvalue weighted by Gasteiger charge is -2.10. The van der Waals surface area contributed by atoms with Gasteiger partial charge < -0.3 is 25.1 Å². The maximum Gasteiger partial charge on any atom is 0.338 e. The minimum Gasteiger partial charge on any atom is -0.462 e. The van der Waals surface area contributed by atoms with Crippen molar-refractivity contribution in [1.82, 2.24) is 10.3 Å². The van der Waals surface area contributed by atoms with E-state index in [4.69, 9.17) is 20.8 Å². The Hall–Kier alpha value is -3.85. The van der Waals surface area contributed by atoms with Crippen LogP contribution in [0, 0.1) is 0 Å². The van der Waals surface area contributed by atoms with Crippen LogP contribution in [0.2, 0.25) is 5.02 Å². The first kappa shape index (κ1) is 35.6. The number of anilines is 2. The SMILES string of the molecule is CCCCCCCCNC(=O)c1ccc(Cl)c(NC(=O)CNc2ncc(-c3cccc(C(=O)OCCCCCCCC)c3)o2)c1. The fourth-order valence-corrected chi connectivity index (χ4v) is 4.91. The highest BCUT2D eigenvalue weighted by Gasteiger charge is 2.14. The molecule has 0 spiro atoms. The molecule has 1 aromatic heterocycles. The molecule has 0 unspecified atom stereocenters. The number of carbonyl (C=O) groups excluding carboxylic acids is 3. The molecule has 9 nitrogen and oxygen atoms in total. The second kappa shape index (κ2) is 20.2. The predicted octanol–water partition coefficient (Wildman–Crippen LogP) is 8.65. The first-order chi connectivity index (χ1) is 21.9. The minimum atomic E-state index is -0.392. The molecule has 0 fully saturated rings. The van der Waals surface area contributed by atoms with E-state index < -0.39 is 5.91 Å². The number of amides is 2. The van der Waals surface area contributed by atoms with Gasteiger partial charge in [-0.25, -0.2) is 9.78 Å².